The van der Waals surface area contributed by atoms with Gasteiger partial charge in [0.1, 0.15) is 10.8 Å². The summed E-state index contributed by atoms with van der Waals surface area (Å²) in [5.74, 6) is -1.35. The fourth-order valence-corrected chi connectivity index (χ4v) is 5.67. The summed E-state index contributed by atoms with van der Waals surface area (Å²) in [7, 11) is 0. The molecule has 196 valence electrons. The van der Waals surface area contributed by atoms with Gasteiger partial charge in [-0.1, -0.05) is 54.2 Å². The molecule has 0 saturated heterocycles. The van der Waals surface area contributed by atoms with Crippen LogP contribution in [0.25, 0.3) is 11.4 Å². The highest BCUT2D eigenvalue weighted by molar-refractivity contribution is 7.99. The van der Waals surface area contributed by atoms with Crippen LogP contribution in [0.15, 0.2) is 59.8 Å². The maximum atomic E-state index is 14.6. The smallest absolute Gasteiger partial charge is 0.341 e. The van der Waals surface area contributed by atoms with Gasteiger partial charge in [-0.25, -0.2) is 9.18 Å². The number of esters is 1. The van der Waals surface area contributed by atoms with Crippen LogP contribution in [-0.4, -0.2) is 44.8 Å². The molecule has 0 aliphatic rings. The van der Waals surface area contributed by atoms with Gasteiger partial charge in [0.05, 0.1) is 34.9 Å². The molecule has 0 aliphatic heterocycles. The summed E-state index contributed by atoms with van der Waals surface area (Å²) >= 11 is 2.17. The average Bonchev–Trinajstić information content (AvgIpc) is 3.44. The molecule has 4 aromatic rings. The summed E-state index contributed by atoms with van der Waals surface area (Å²) in [6.07, 6.45) is 0. The number of benzene rings is 2. The number of nitrogens with zero attached hydrogens (tertiary/aromatic N) is 3. The largest absolute Gasteiger partial charge is 0.462 e. The summed E-state index contributed by atoms with van der Waals surface area (Å²) < 4.78 is 21.5. The number of hydrogen-bond acceptors (Lipinski definition) is 8. The van der Waals surface area contributed by atoms with Crippen molar-refractivity contribution in [3.8, 4) is 11.4 Å². The highest BCUT2D eigenvalue weighted by Crippen LogP contribution is 2.34. The highest BCUT2D eigenvalue weighted by Gasteiger charge is 2.26. The first kappa shape index (κ1) is 27.2. The number of halogens is 1. The number of thioether (sulfide) groups is 1. The van der Waals surface area contributed by atoms with E-state index < -0.39 is 17.7 Å². The second-order valence-electron chi connectivity index (χ2n) is 8.23. The minimum Gasteiger partial charge on any atom is -0.462 e. The summed E-state index contributed by atoms with van der Waals surface area (Å²) in [5, 5.41) is 11.9. The second kappa shape index (κ2) is 12.1. The first-order chi connectivity index (χ1) is 18.3. The van der Waals surface area contributed by atoms with Crippen molar-refractivity contribution in [3.63, 3.8) is 0 Å². The van der Waals surface area contributed by atoms with Crippen molar-refractivity contribution in [2.75, 3.05) is 17.7 Å². The molecule has 0 radical (unpaired) electrons. The molecule has 2 aromatic heterocycles. The van der Waals surface area contributed by atoms with Crippen LogP contribution in [0.1, 0.15) is 45.0 Å². The van der Waals surface area contributed by atoms with Crippen LogP contribution in [-0.2, 0) is 16.1 Å². The molecule has 8 nitrogen and oxygen atoms in total. The number of ether oxygens (including phenoxy) is 1. The summed E-state index contributed by atoms with van der Waals surface area (Å²) in [4.78, 5) is 37.9. The lowest BCUT2D eigenvalue weighted by atomic mass is 10.1. The van der Waals surface area contributed by atoms with E-state index in [-0.39, 0.29) is 28.7 Å². The molecule has 2 heterocycles. The summed E-state index contributed by atoms with van der Waals surface area (Å²) in [6, 6.07) is 15.9. The van der Waals surface area contributed by atoms with Gasteiger partial charge in [0.15, 0.2) is 16.8 Å². The maximum absolute atomic E-state index is 14.6. The number of nitrogens with one attached hydrogen (secondary N) is 1. The molecule has 0 atom stereocenters. The van der Waals surface area contributed by atoms with Crippen molar-refractivity contribution in [3.05, 3.63) is 82.0 Å². The third kappa shape index (κ3) is 6.00. The summed E-state index contributed by atoms with van der Waals surface area (Å²) in [6.45, 7) is 5.28. The van der Waals surface area contributed by atoms with E-state index in [9.17, 15) is 18.8 Å². The average molecular weight is 553 g/mol. The highest BCUT2D eigenvalue weighted by atomic mass is 32.2. The van der Waals surface area contributed by atoms with E-state index in [0.717, 1.165) is 28.7 Å². The Morgan fingerprint density at radius 2 is 1.79 bits per heavy atom. The molecule has 0 unspecified atom stereocenters. The van der Waals surface area contributed by atoms with Gasteiger partial charge in [-0.15, -0.1) is 21.5 Å². The Morgan fingerprint density at radius 3 is 2.47 bits per heavy atom. The zero-order valence-electron chi connectivity index (χ0n) is 21.0. The maximum Gasteiger partial charge on any atom is 0.341 e. The van der Waals surface area contributed by atoms with E-state index in [1.807, 2.05) is 30.3 Å². The SMILES string of the molecule is CCOC(=O)c1c(NC(=O)CSc2nnc(-c3ccccc3F)n2Cc2ccccc2)sc(C(C)=O)c1C. The van der Waals surface area contributed by atoms with Gasteiger partial charge in [-0.05, 0) is 44.0 Å². The van der Waals surface area contributed by atoms with Gasteiger partial charge in [0.25, 0.3) is 0 Å². The standard InChI is InChI=1S/C27H25FN4O4S2/c1-4-36-26(35)22-16(2)23(17(3)33)38-25(22)29-21(34)15-37-27-31-30-24(19-12-8-9-13-20(19)28)32(27)14-18-10-6-5-7-11-18/h5-13H,4,14-15H2,1-3H3,(H,29,34). The van der Waals surface area contributed by atoms with Gasteiger partial charge in [0.2, 0.25) is 5.91 Å². The van der Waals surface area contributed by atoms with Crippen LogP contribution < -0.4 is 5.32 Å². The van der Waals surface area contributed by atoms with Crippen molar-refractivity contribution in [1.82, 2.24) is 14.8 Å². The number of thiophene rings is 1. The molecule has 4 rings (SSSR count). The zero-order chi connectivity index (χ0) is 27.2. The van der Waals surface area contributed by atoms with Crippen molar-refractivity contribution >= 4 is 45.8 Å². The Labute approximate surface area is 227 Å². The first-order valence-corrected chi connectivity index (χ1v) is 13.6. The van der Waals surface area contributed by atoms with Crippen LogP contribution in [0.4, 0.5) is 9.39 Å². The van der Waals surface area contributed by atoms with Gasteiger partial charge >= 0.3 is 5.97 Å². The lowest BCUT2D eigenvalue weighted by Gasteiger charge is -2.11. The molecule has 0 saturated carbocycles. The topological polar surface area (TPSA) is 103 Å². The molecule has 0 spiro atoms. The quantitative estimate of drug-likeness (QED) is 0.155. The van der Waals surface area contributed by atoms with Crippen LogP contribution >= 0.6 is 23.1 Å². The number of ketones is 1. The lowest BCUT2D eigenvalue weighted by Crippen LogP contribution is -2.17. The molecule has 2 aromatic carbocycles. The fourth-order valence-electron chi connectivity index (χ4n) is 3.83. The van der Waals surface area contributed by atoms with Crippen molar-refractivity contribution in [1.29, 1.82) is 0 Å². The van der Waals surface area contributed by atoms with E-state index in [1.165, 1.54) is 13.0 Å². The van der Waals surface area contributed by atoms with Gasteiger partial charge in [0, 0.05) is 0 Å². The van der Waals surface area contributed by atoms with Crippen LogP contribution in [0.2, 0.25) is 0 Å². The van der Waals surface area contributed by atoms with Crippen molar-refractivity contribution in [2.24, 2.45) is 0 Å². The zero-order valence-corrected chi connectivity index (χ0v) is 22.6. The molecule has 11 heteroatoms. The lowest BCUT2D eigenvalue weighted by molar-refractivity contribution is -0.113. The monoisotopic (exact) mass is 552 g/mol. The third-order valence-electron chi connectivity index (χ3n) is 5.55. The van der Waals surface area contributed by atoms with E-state index in [1.54, 1.807) is 36.6 Å². The third-order valence-corrected chi connectivity index (χ3v) is 7.82. The second-order valence-corrected chi connectivity index (χ2v) is 10.2. The van der Waals surface area contributed by atoms with Gasteiger partial charge in [-0.2, -0.15) is 0 Å². The Bertz CT molecular complexity index is 1480. The minimum atomic E-state index is -0.603. The number of Topliss-reactive ketones (excluding diaryl/α,β-unsaturated/α-hetero) is 1. The Morgan fingerprint density at radius 1 is 1.08 bits per heavy atom. The predicted molar refractivity (Wildman–Crippen MR) is 145 cm³/mol. The number of rotatable bonds is 10. The van der Waals surface area contributed by atoms with Gasteiger partial charge < -0.3 is 10.1 Å². The van der Waals surface area contributed by atoms with Gasteiger partial charge in [-0.3, -0.25) is 14.2 Å². The molecule has 0 fully saturated rings. The normalized spacial score (nSPS) is 10.8. The number of aromatic nitrogens is 3. The fraction of sp³-hybridized carbons (Fsp3) is 0.222. The molecule has 0 aliphatic carbocycles. The van der Waals surface area contributed by atoms with E-state index in [4.69, 9.17) is 4.74 Å². The molecular formula is C27H25FN4O4S2. The Balaban J connectivity index is 1.58. The number of carbonyl (C=O) groups excluding carboxylic acids is 3. The number of anilines is 1. The number of hydrogen-bond donors (Lipinski definition) is 1. The molecule has 1 N–H and O–H groups in total. The molecule has 38 heavy (non-hydrogen) atoms. The Kier molecular flexibility index (Phi) is 8.70. The van der Waals surface area contributed by atoms with E-state index in [2.05, 4.69) is 15.5 Å². The van der Waals surface area contributed by atoms with Crippen LogP contribution in [0, 0.1) is 12.7 Å². The van der Waals surface area contributed by atoms with Crippen molar-refractivity contribution in [2.45, 2.75) is 32.5 Å². The van der Waals surface area contributed by atoms with E-state index >= 15 is 0 Å². The minimum absolute atomic E-state index is 0.0567. The summed E-state index contributed by atoms with van der Waals surface area (Å²) in [5.41, 5.74) is 1.91. The first-order valence-electron chi connectivity index (χ1n) is 11.8. The molecular weight excluding hydrogens is 527 g/mol. The molecule has 0 bridgehead atoms. The van der Waals surface area contributed by atoms with E-state index in [0.29, 0.717) is 33.5 Å². The van der Waals surface area contributed by atoms with Crippen LogP contribution in [0.5, 0.6) is 0 Å². The molecule has 1 amide bonds. The predicted octanol–water partition coefficient (Wildman–Crippen LogP) is 5.61. The Hall–Kier alpha value is -3.83. The van der Waals surface area contributed by atoms with Crippen LogP contribution in [0.3, 0.4) is 0 Å². The number of amides is 1. The van der Waals surface area contributed by atoms with Crippen molar-refractivity contribution < 1.29 is 23.5 Å². The number of carbonyl (C=O) groups is 3.